The van der Waals surface area contributed by atoms with Gasteiger partial charge in [0.25, 0.3) is 0 Å². The smallest absolute Gasteiger partial charge is 0.410 e. The second-order valence-corrected chi connectivity index (χ2v) is 4.13. The summed E-state index contributed by atoms with van der Waals surface area (Å²) in [6, 6.07) is 2.26. The lowest BCUT2D eigenvalue weighted by Crippen LogP contribution is -2.17. The number of nitrogens with zero attached hydrogens (tertiary/aromatic N) is 1. The number of benzene rings is 1. The monoisotopic (exact) mass is 330 g/mol. The molecular formula is C13H18N2O8. The Hall–Kier alpha value is -2.59. The summed E-state index contributed by atoms with van der Waals surface area (Å²) in [4.78, 5) is 21.2. The van der Waals surface area contributed by atoms with Crippen LogP contribution in [0, 0.1) is 10.1 Å². The molecule has 1 aromatic rings. The molecule has 1 rings (SSSR count). The van der Waals surface area contributed by atoms with E-state index < -0.39 is 16.7 Å². The first kappa shape index (κ1) is 18.5. The van der Waals surface area contributed by atoms with Crippen molar-refractivity contribution in [2.45, 2.75) is 0 Å². The molecule has 10 nitrogen and oxygen atoms in total. The summed E-state index contributed by atoms with van der Waals surface area (Å²) in [6.07, 6.45) is -1.18. The quantitative estimate of drug-likeness (QED) is 0.383. The number of nitro benzene ring substituents is 1. The fourth-order valence-corrected chi connectivity index (χ4v) is 1.56. The highest BCUT2D eigenvalue weighted by atomic mass is 16.6. The van der Waals surface area contributed by atoms with Gasteiger partial charge in [0.15, 0.2) is 11.5 Å². The van der Waals surface area contributed by atoms with Gasteiger partial charge in [-0.1, -0.05) is 0 Å². The molecule has 128 valence electrons. The molecular weight excluding hydrogens is 312 g/mol. The number of carbonyl (C=O) groups is 1. The number of nitro groups is 1. The molecule has 0 radical (unpaired) electrons. The molecule has 0 fully saturated rings. The minimum absolute atomic E-state index is 0.113. The van der Waals surface area contributed by atoms with Crippen molar-refractivity contribution in [2.24, 2.45) is 5.73 Å². The Morgan fingerprint density at radius 1 is 1.04 bits per heavy atom. The van der Waals surface area contributed by atoms with Crippen LogP contribution in [0.2, 0.25) is 0 Å². The predicted molar refractivity (Wildman–Crippen MR) is 78.0 cm³/mol. The number of nitrogens with two attached hydrogens (primary N) is 1. The summed E-state index contributed by atoms with van der Waals surface area (Å²) in [6.45, 7) is 0.903. The average Bonchev–Trinajstić information content (AvgIpc) is 2.48. The van der Waals surface area contributed by atoms with Crippen LogP contribution >= 0.6 is 0 Å². The Bertz CT molecular complexity index is 549. The van der Waals surface area contributed by atoms with Gasteiger partial charge in [0.05, 0.1) is 24.2 Å². The van der Waals surface area contributed by atoms with E-state index in [1.54, 1.807) is 0 Å². The summed E-state index contributed by atoms with van der Waals surface area (Å²) in [5.74, 6) is -0.0734. The Morgan fingerprint density at radius 3 is 2.00 bits per heavy atom. The van der Waals surface area contributed by atoms with Crippen LogP contribution in [0.25, 0.3) is 0 Å². The molecule has 0 aliphatic carbocycles. The van der Waals surface area contributed by atoms with Gasteiger partial charge in [0.1, 0.15) is 13.2 Å². The molecule has 0 aliphatic heterocycles. The van der Waals surface area contributed by atoms with Crippen LogP contribution in [0.3, 0.4) is 0 Å². The van der Waals surface area contributed by atoms with Gasteiger partial charge in [-0.15, -0.1) is 0 Å². The van der Waals surface area contributed by atoms with Gasteiger partial charge in [-0.05, 0) is 0 Å². The van der Waals surface area contributed by atoms with Gasteiger partial charge in [-0.25, -0.2) is 4.79 Å². The summed E-state index contributed by atoms with van der Waals surface area (Å²) in [7, 11) is 2.99. The number of primary amides is 1. The third kappa shape index (κ3) is 5.96. The Kier molecular flexibility index (Phi) is 7.57. The first-order chi connectivity index (χ1) is 11.0. The SMILES string of the molecule is COCCOc1cc(OC(N)=O)c([N+](=O)[O-])cc1OCCOC. The van der Waals surface area contributed by atoms with Gasteiger partial charge >= 0.3 is 11.8 Å². The third-order valence-corrected chi connectivity index (χ3v) is 2.52. The fourth-order valence-electron chi connectivity index (χ4n) is 1.56. The molecule has 0 aliphatic rings. The summed E-state index contributed by atoms with van der Waals surface area (Å²) < 4.78 is 25.2. The second kappa shape index (κ2) is 9.43. The summed E-state index contributed by atoms with van der Waals surface area (Å²) in [5, 5.41) is 11.1. The first-order valence-corrected chi connectivity index (χ1v) is 6.52. The van der Waals surface area contributed by atoms with E-state index in [9.17, 15) is 14.9 Å². The molecule has 0 saturated carbocycles. The lowest BCUT2D eigenvalue weighted by molar-refractivity contribution is -0.385. The molecule has 0 saturated heterocycles. The predicted octanol–water partition coefficient (Wildman–Crippen LogP) is 1.10. The molecule has 0 atom stereocenters. The third-order valence-electron chi connectivity index (χ3n) is 2.52. The number of hydrogen-bond donors (Lipinski definition) is 1. The van der Waals surface area contributed by atoms with E-state index in [1.807, 2.05) is 0 Å². The largest absolute Gasteiger partial charge is 0.487 e. The number of amides is 1. The van der Waals surface area contributed by atoms with Crippen molar-refractivity contribution >= 4 is 11.8 Å². The topological polar surface area (TPSA) is 132 Å². The molecule has 0 heterocycles. The maximum Gasteiger partial charge on any atom is 0.410 e. The molecule has 0 bridgehead atoms. The molecule has 1 amide bonds. The Balaban J connectivity index is 3.13. The molecule has 1 aromatic carbocycles. The first-order valence-electron chi connectivity index (χ1n) is 6.52. The highest BCUT2D eigenvalue weighted by Crippen LogP contribution is 2.39. The van der Waals surface area contributed by atoms with E-state index in [1.165, 1.54) is 20.3 Å². The molecule has 0 unspecified atom stereocenters. The van der Waals surface area contributed by atoms with E-state index in [-0.39, 0.29) is 37.1 Å². The van der Waals surface area contributed by atoms with E-state index >= 15 is 0 Å². The van der Waals surface area contributed by atoms with Crippen LogP contribution in [-0.4, -0.2) is 51.7 Å². The van der Waals surface area contributed by atoms with Crippen LogP contribution in [0.15, 0.2) is 12.1 Å². The molecule has 23 heavy (non-hydrogen) atoms. The van der Waals surface area contributed by atoms with Crippen LogP contribution in [0.1, 0.15) is 0 Å². The minimum Gasteiger partial charge on any atom is -0.487 e. The van der Waals surface area contributed by atoms with Crippen molar-refractivity contribution in [2.75, 3.05) is 40.6 Å². The summed E-state index contributed by atoms with van der Waals surface area (Å²) in [5.41, 5.74) is 4.43. The van der Waals surface area contributed by atoms with Gasteiger partial charge in [-0.3, -0.25) is 10.1 Å². The zero-order chi connectivity index (χ0) is 17.2. The van der Waals surface area contributed by atoms with E-state index in [2.05, 4.69) is 4.74 Å². The maximum atomic E-state index is 11.1. The van der Waals surface area contributed by atoms with Crippen molar-refractivity contribution in [3.63, 3.8) is 0 Å². The number of ether oxygens (including phenoxy) is 5. The van der Waals surface area contributed by atoms with Crippen molar-refractivity contribution < 1.29 is 33.4 Å². The van der Waals surface area contributed by atoms with Crippen LogP contribution < -0.4 is 19.9 Å². The number of methoxy groups -OCH3 is 2. The maximum absolute atomic E-state index is 11.1. The highest BCUT2D eigenvalue weighted by Gasteiger charge is 2.23. The van der Waals surface area contributed by atoms with Gasteiger partial charge in [0, 0.05) is 20.3 Å². The van der Waals surface area contributed by atoms with Crippen molar-refractivity contribution in [3.8, 4) is 17.2 Å². The zero-order valence-corrected chi connectivity index (χ0v) is 12.8. The Labute approximate surface area is 132 Å². The normalized spacial score (nSPS) is 10.2. The number of hydrogen-bond acceptors (Lipinski definition) is 8. The molecule has 10 heteroatoms. The van der Waals surface area contributed by atoms with Gasteiger partial charge in [0.2, 0.25) is 5.75 Å². The molecule has 0 aromatic heterocycles. The van der Waals surface area contributed by atoms with E-state index in [0.29, 0.717) is 6.61 Å². The summed E-state index contributed by atoms with van der Waals surface area (Å²) >= 11 is 0. The molecule has 2 N–H and O–H groups in total. The lowest BCUT2D eigenvalue weighted by Gasteiger charge is -2.14. The molecule has 0 spiro atoms. The van der Waals surface area contributed by atoms with E-state index in [4.69, 9.17) is 24.7 Å². The fraction of sp³-hybridized carbons (Fsp3) is 0.462. The van der Waals surface area contributed by atoms with Crippen LogP contribution in [0.5, 0.6) is 17.2 Å². The van der Waals surface area contributed by atoms with Gasteiger partial charge < -0.3 is 29.4 Å². The van der Waals surface area contributed by atoms with Crippen molar-refractivity contribution in [3.05, 3.63) is 22.2 Å². The van der Waals surface area contributed by atoms with E-state index in [0.717, 1.165) is 6.07 Å². The van der Waals surface area contributed by atoms with Crippen LogP contribution in [0.4, 0.5) is 10.5 Å². The van der Waals surface area contributed by atoms with Crippen LogP contribution in [-0.2, 0) is 9.47 Å². The number of carbonyl (C=O) groups excluding carboxylic acids is 1. The Morgan fingerprint density at radius 2 is 1.57 bits per heavy atom. The highest BCUT2D eigenvalue weighted by molar-refractivity contribution is 5.71. The zero-order valence-electron chi connectivity index (χ0n) is 12.8. The van der Waals surface area contributed by atoms with Gasteiger partial charge in [-0.2, -0.15) is 0 Å². The van der Waals surface area contributed by atoms with Crippen molar-refractivity contribution in [1.29, 1.82) is 0 Å². The second-order valence-electron chi connectivity index (χ2n) is 4.13. The lowest BCUT2D eigenvalue weighted by atomic mass is 10.2. The average molecular weight is 330 g/mol. The van der Waals surface area contributed by atoms with Crippen molar-refractivity contribution in [1.82, 2.24) is 0 Å². The standard InChI is InChI=1S/C13H18N2O8/c1-19-3-5-21-11-7-9(15(17)18)10(23-13(14)16)8-12(11)22-6-4-20-2/h7-8H,3-6H2,1-2H3,(H2,14,16). The minimum atomic E-state index is -1.18. The number of rotatable bonds is 10.